The molecule has 4 heteroatoms. The first-order chi connectivity index (χ1) is 10.3. The molecule has 0 amide bonds. The third kappa shape index (κ3) is 7.34. The van der Waals surface area contributed by atoms with Gasteiger partial charge in [0.2, 0.25) is 0 Å². The number of hydrogen-bond donors (Lipinski definition) is 1. The number of benzene rings is 1. The van der Waals surface area contributed by atoms with Crippen LogP contribution in [0.25, 0.3) is 0 Å². The molecule has 0 saturated heterocycles. The van der Waals surface area contributed by atoms with Crippen LogP contribution in [0, 0.1) is 0 Å². The Labute approximate surface area is 128 Å². The summed E-state index contributed by atoms with van der Waals surface area (Å²) in [7, 11) is 0. The van der Waals surface area contributed by atoms with Crippen LogP contribution in [0.2, 0.25) is 0 Å². The molecule has 0 aliphatic carbocycles. The summed E-state index contributed by atoms with van der Waals surface area (Å²) >= 11 is 0. The fraction of sp³-hybridized carbons (Fsp3) is 0.647. The van der Waals surface area contributed by atoms with Gasteiger partial charge in [-0.2, -0.15) is 0 Å². The van der Waals surface area contributed by atoms with E-state index in [0.29, 0.717) is 13.2 Å². The van der Waals surface area contributed by atoms with Crippen molar-refractivity contribution in [3.8, 4) is 11.5 Å². The maximum absolute atomic E-state index is 5.86. The van der Waals surface area contributed by atoms with Crippen LogP contribution in [0.15, 0.2) is 18.2 Å². The second-order valence-electron chi connectivity index (χ2n) is 4.86. The lowest BCUT2D eigenvalue weighted by atomic mass is 10.2. The van der Waals surface area contributed by atoms with E-state index >= 15 is 0 Å². The average Bonchev–Trinajstić information content (AvgIpc) is 2.51. The zero-order chi connectivity index (χ0) is 15.3. The predicted molar refractivity (Wildman–Crippen MR) is 86.2 cm³/mol. The molecule has 0 radical (unpaired) electrons. The van der Waals surface area contributed by atoms with Crippen molar-refractivity contribution in [3.63, 3.8) is 0 Å². The van der Waals surface area contributed by atoms with E-state index in [2.05, 4.69) is 32.2 Å². The van der Waals surface area contributed by atoms with Gasteiger partial charge in [0.1, 0.15) is 18.1 Å². The summed E-state index contributed by atoms with van der Waals surface area (Å²) in [6, 6.07) is 6.04. The Balaban J connectivity index is 2.60. The third-order valence-corrected chi connectivity index (χ3v) is 2.91. The van der Waals surface area contributed by atoms with Gasteiger partial charge in [0, 0.05) is 24.8 Å². The molecule has 0 spiro atoms. The normalized spacial score (nSPS) is 10.6. The fourth-order valence-electron chi connectivity index (χ4n) is 1.84. The lowest BCUT2D eigenvalue weighted by Gasteiger charge is -2.14. The molecule has 21 heavy (non-hydrogen) atoms. The highest BCUT2D eigenvalue weighted by atomic mass is 16.5. The van der Waals surface area contributed by atoms with Crippen molar-refractivity contribution < 1.29 is 14.2 Å². The molecule has 1 aromatic carbocycles. The Bertz CT molecular complexity index is 382. The predicted octanol–water partition coefficient (Wildman–Crippen LogP) is 3.39. The van der Waals surface area contributed by atoms with E-state index in [1.165, 1.54) is 0 Å². The zero-order valence-electron chi connectivity index (χ0n) is 13.6. The van der Waals surface area contributed by atoms with Gasteiger partial charge in [-0.3, -0.25) is 0 Å². The van der Waals surface area contributed by atoms with Crippen molar-refractivity contribution in [1.82, 2.24) is 5.32 Å². The lowest BCUT2D eigenvalue weighted by Crippen LogP contribution is -2.14. The maximum atomic E-state index is 5.86. The highest BCUT2D eigenvalue weighted by Gasteiger charge is 2.06. The fourth-order valence-corrected chi connectivity index (χ4v) is 1.84. The van der Waals surface area contributed by atoms with Crippen LogP contribution in [-0.2, 0) is 11.3 Å². The van der Waals surface area contributed by atoms with Gasteiger partial charge >= 0.3 is 0 Å². The van der Waals surface area contributed by atoms with E-state index in [0.717, 1.165) is 56.2 Å². The molecular weight excluding hydrogens is 266 g/mol. The van der Waals surface area contributed by atoms with Gasteiger partial charge in [-0.25, -0.2) is 0 Å². The SMILES string of the molecule is CCCOCCOc1cc(OCCC)ccc1CNCC. The van der Waals surface area contributed by atoms with E-state index < -0.39 is 0 Å². The summed E-state index contributed by atoms with van der Waals surface area (Å²) in [4.78, 5) is 0. The molecule has 0 aliphatic rings. The Morgan fingerprint density at radius 3 is 2.43 bits per heavy atom. The van der Waals surface area contributed by atoms with Crippen molar-refractivity contribution >= 4 is 0 Å². The molecule has 1 N–H and O–H groups in total. The summed E-state index contributed by atoms with van der Waals surface area (Å²) in [6.07, 6.45) is 2.03. The Morgan fingerprint density at radius 1 is 0.905 bits per heavy atom. The molecule has 0 atom stereocenters. The van der Waals surface area contributed by atoms with Crippen molar-refractivity contribution in [2.45, 2.75) is 40.2 Å². The van der Waals surface area contributed by atoms with Gasteiger partial charge in [-0.1, -0.05) is 26.8 Å². The molecule has 1 rings (SSSR count). The summed E-state index contributed by atoms with van der Waals surface area (Å²) < 4.78 is 17.0. The smallest absolute Gasteiger partial charge is 0.127 e. The molecular formula is C17H29NO3. The number of nitrogens with one attached hydrogen (secondary N) is 1. The van der Waals surface area contributed by atoms with E-state index in [9.17, 15) is 0 Å². The molecule has 0 unspecified atom stereocenters. The van der Waals surface area contributed by atoms with Crippen LogP contribution in [0.1, 0.15) is 39.2 Å². The third-order valence-electron chi connectivity index (χ3n) is 2.91. The molecule has 0 heterocycles. The monoisotopic (exact) mass is 295 g/mol. The van der Waals surface area contributed by atoms with Gasteiger partial charge in [-0.15, -0.1) is 0 Å². The molecule has 0 aromatic heterocycles. The topological polar surface area (TPSA) is 39.7 Å². The number of rotatable bonds is 12. The van der Waals surface area contributed by atoms with Crippen molar-refractivity contribution in [2.24, 2.45) is 0 Å². The Hall–Kier alpha value is -1.26. The standard InChI is InChI=1S/C17H29NO3/c1-4-9-19-11-12-21-17-13-16(20-10-5-2)8-7-15(17)14-18-6-3/h7-8,13,18H,4-6,9-12,14H2,1-3H3. The largest absolute Gasteiger partial charge is 0.493 e. The van der Waals surface area contributed by atoms with E-state index in [-0.39, 0.29) is 0 Å². The van der Waals surface area contributed by atoms with Crippen LogP contribution in [0.5, 0.6) is 11.5 Å². The number of hydrogen-bond acceptors (Lipinski definition) is 4. The minimum absolute atomic E-state index is 0.566. The first-order valence-electron chi connectivity index (χ1n) is 7.98. The summed E-state index contributed by atoms with van der Waals surface area (Å²) in [5.41, 5.74) is 1.15. The van der Waals surface area contributed by atoms with Gasteiger partial charge < -0.3 is 19.5 Å². The molecule has 120 valence electrons. The molecule has 0 saturated carbocycles. The first kappa shape index (κ1) is 17.8. The van der Waals surface area contributed by atoms with Gasteiger partial charge in [0.25, 0.3) is 0 Å². The van der Waals surface area contributed by atoms with E-state index in [1.807, 2.05) is 12.1 Å². The van der Waals surface area contributed by atoms with Crippen LogP contribution < -0.4 is 14.8 Å². The van der Waals surface area contributed by atoms with Gasteiger partial charge in [0.05, 0.1) is 13.2 Å². The second-order valence-corrected chi connectivity index (χ2v) is 4.86. The highest BCUT2D eigenvalue weighted by molar-refractivity contribution is 5.40. The molecule has 0 fully saturated rings. The minimum Gasteiger partial charge on any atom is -0.493 e. The van der Waals surface area contributed by atoms with Crippen LogP contribution in [-0.4, -0.2) is 33.0 Å². The average molecular weight is 295 g/mol. The Kier molecular flexibility index (Phi) is 9.66. The van der Waals surface area contributed by atoms with Gasteiger partial charge in [0.15, 0.2) is 0 Å². The second kappa shape index (κ2) is 11.4. The molecule has 4 nitrogen and oxygen atoms in total. The quantitative estimate of drug-likeness (QED) is 0.600. The maximum Gasteiger partial charge on any atom is 0.127 e. The molecule has 0 bridgehead atoms. The highest BCUT2D eigenvalue weighted by Crippen LogP contribution is 2.25. The summed E-state index contributed by atoms with van der Waals surface area (Å²) in [6.45, 7) is 10.7. The summed E-state index contributed by atoms with van der Waals surface area (Å²) in [5, 5.41) is 3.33. The summed E-state index contributed by atoms with van der Waals surface area (Å²) in [5.74, 6) is 1.74. The Morgan fingerprint density at radius 2 is 1.71 bits per heavy atom. The van der Waals surface area contributed by atoms with Crippen molar-refractivity contribution in [1.29, 1.82) is 0 Å². The van der Waals surface area contributed by atoms with Crippen molar-refractivity contribution in [3.05, 3.63) is 23.8 Å². The van der Waals surface area contributed by atoms with Crippen LogP contribution >= 0.6 is 0 Å². The van der Waals surface area contributed by atoms with E-state index in [1.54, 1.807) is 0 Å². The zero-order valence-corrected chi connectivity index (χ0v) is 13.6. The van der Waals surface area contributed by atoms with Crippen molar-refractivity contribution in [2.75, 3.05) is 33.0 Å². The van der Waals surface area contributed by atoms with Crippen LogP contribution in [0.4, 0.5) is 0 Å². The van der Waals surface area contributed by atoms with E-state index in [4.69, 9.17) is 14.2 Å². The minimum atomic E-state index is 0.566. The lowest BCUT2D eigenvalue weighted by molar-refractivity contribution is 0.100. The number of ether oxygens (including phenoxy) is 3. The van der Waals surface area contributed by atoms with Crippen LogP contribution in [0.3, 0.4) is 0 Å². The molecule has 0 aliphatic heterocycles. The van der Waals surface area contributed by atoms with Gasteiger partial charge in [-0.05, 0) is 25.5 Å². The molecule has 1 aromatic rings. The first-order valence-corrected chi connectivity index (χ1v) is 7.98.